The Kier molecular flexibility index (Phi) is 3.54. The fourth-order valence-corrected chi connectivity index (χ4v) is 4.27. The van der Waals surface area contributed by atoms with Gasteiger partial charge in [0.1, 0.15) is 5.52 Å². The molecule has 7 heteroatoms. The molecular formula is C22H14N6S. The van der Waals surface area contributed by atoms with Gasteiger partial charge in [-0.2, -0.15) is 5.10 Å². The molecule has 2 N–H and O–H groups in total. The van der Waals surface area contributed by atoms with Crippen LogP contribution in [0.1, 0.15) is 0 Å². The van der Waals surface area contributed by atoms with Crippen LogP contribution in [-0.2, 0) is 0 Å². The highest BCUT2D eigenvalue weighted by molar-refractivity contribution is 7.13. The van der Waals surface area contributed by atoms with Crippen molar-refractivity contribution in [3.05, 3.63) is 72.4 Å². The minimum absolute atomic E-state index is 0.700. The van der Waals surface area contributed by atoms with E-state index >= 15 is 0 Å². The minimum Gasteiger partial charge on any atom is -0.336 e. The fourth-order valence-electron chi connectivity index (χ4n) is 3.51. The predicted octanol–water partition coefficient (Wildman–Crippen LogP) is 5.29. The maximum absolute atomic E-state index is 4.88. The molecule has 0 spiro atoms. The number of imidazole rings is 1. The van der Waals surface area contributed by atoms with Gasteiger partial charge in [-0.25, -0.2) is 9.97 Å². The first-order valence-electron chi connectivity index (χ1n) is 9.15. The third-order valence-electron chi connectivity index (χ3n) is 4.89. The summed E-state index contributed by atoms with van der Waals surface area (Å²) in [5.74, 6) is 0.700. The van der Waals surface area contributed by atoms with Gasteiger partial charge in [0.25, 0.3) is 0 Å². The van der Waals surface area contributed by atoms with Crippen molar-refractivity contribution in [3.63, 3.8) is 0 Å². The van der Waals surface area contributed by atoms with Gasteiger partial charge in [-0.1, -0.05) is 18.2 Å². The molecule has 29 heavy (non-hydrogen) atoms. The molecule has 0 aliphatic heterocycles. The number of rotatable bonds is 3. The molecule has 5 heterocycles. The van der Waals surface area contributed by atoms with Crippen molar-refractivity contribution in [1.29, 1.82) is 0 Å². The molecule has 0 saturated carbocycles. The van der Waals surface area contributed by atoms with E-state index in [0.29, 0.717) is 11.5 Å². The summed E-state index contributed by atoms with van der Waals surface area (Å²) < 4.78 is 0. The van der Waals surface area contributed by atoms with Crippen LogP contribution in [0.15, 0.2) is 72.4 Å². The van der Waals surface area contributed by atoms with E-state index in [1.165, 1.54) is 4.88 Å². The molecule has 5 aromatic heterocycles. The first-order chi connectivity index (χ1) is 14.4. The van der Waals surface area contributed by atoms with Crippen LogP contribution in [0.5, 0.6) is 0 Å². The van der Waals surface area contributed by atoms with Crippen molar-refractivity contribution in [2.45, 2.75) is 0 Å². The van der Waals surface area contributed by atoms with E-state index in [0.717, 1.165) is 38.9 Å². The molecule has 6 nitrogen and oxygen atoms in total. The van der Waals surface area contributed by atoms with Gasteiger partial charge in [0.05, 0.1) is 22.2 Å². The number of H-pyrrole nitrogens is 2. The lowest BCUT2D eigenvalue weighted by Crippen LogP contribution is -1.87. The Balaban J connectivity index is 1.53. The summed E-state index contributed by atoms with van der Waals surface area (Å²) in [4.78, 5) is 18.5. The molecule has 0 unspecified atom stereocenters. The summed E-state index contributed by atoms with van der Waals surface area (Å²) in [5, 5.41) is 9.64. The van der Waals surface area contributed by atoms with Crippen molar-refractivity contribution >= 4 is 33.4 Å². The zero-order chi connectivity index (χ0) is 19.2. The average Bonchev–Trinajstić information content (AvgIpc) is 3.52. The van der Waals surface area contributed by atoms with E-state index in [1.807, 2.05) is 42.6 Å². The maximum Gasteiger partial charge on any atom is 0.161 e. The Bertz CT molecular complexity index is 1450. The summed E-state index contributed by atoms with van der Waals surface area (Å²) in [6.07, 6.45) is 3.56. The number of thiophene rings is 1. The summed E-state index contributed by atoms with van der Waals surface area (Å²) in [7, 11) is 0. The van der Waals surface area contributed by atoms with Gasteiger partial charge in [0.15, 0.2) is 11.5 Å². The van der Waals surface area contributed by atoms with Crippen LogP contribution in [-0.4, -0.2) is 30.1 Å². The molecule has 0 amide bonds. The monoisotopic (exact) mass is 394 g/mol. The molecule has 0 saturated heterocycles. The number of aromatic amines is 2. The summed E-state index contributed by atoms with van der Waals surface area (Å²) in [5.41, 5.74) is 7.20. The number of aromatic nitrogens is 6. The predicted molar refractivity (Wildman–Crippen MR) is 116 cm³/mol. The molecule has 0 aliphatic carbocycles. The standard InChI is InChI=1S/C22H14N6S/c1-5-14(18-7-3-11-29-18)19-16(6-1)25-22(26-19)21-20-17(27-28-21)9-8-15(24-20)13-4-2-10-23-12-13/h1-12H,(H,25,26)(H,27,28). The SMILES string of the molecule is c1cncc(-c2ccc3[nH]nc(-c4nc5c(-c6cccs6)cccc5[nH]4)c3n2)c1. The van der Waals surface area contributed by atoms with Crippen molar-refractivity contribution in [2.75, 3.05) is 0 Å². The highest BCUT2D eigenvalue weighted by Gasteiger charge is 2.17. The Labute approximate surface area is 169 Å². The molecule has 0 radical (unpaired) electrons. The van der Waals surface area contributed by atoms with Crippen molar-refractivity contribution < 1.29 is 0 Å². The number of nitrogens with one attached hydrogen (secondary N) is 2. The summed E-state index contributed by atoms with van der Waals surface area (Å²) >= 11 is 1.71. The molecule has 0 aliphatic rings. The zero-order valence-corrected chi connectivity index (χ0v) is 15.9. The number of pyridine rings is 2. The molecule has 0 bridgehead atoms. The van der Waals surface area contributed by atoms with Crippen molar-refractivity contribution in [2.24, 2.45) is 0 Å². The lowest BCUT2D eigenvalue weighted by atomic mass is 10.1. The highest BCUT2D eigenvalue weighted by Crippen LogP contribution is 2.33. The summed E-state index contributed by atoms with van der Waals surface area (Å²) in [6.45, 7) is 0. The Morgan fingerprint density at radius 3 is 2.69 bits per heavy atom. The molecule has 6 aromatic rings. The van der Waals surface area contributed by atoms with Crippen molar-refractivity contribution in [3.8, 4) is 33.2 Å². The van der Waals surface area contributed by atoms with E-state index in [9.17, 15) is 0 Å². The number of para-hydroxylation sites is 1. The second-order valence-corrected chi connectivity index (χ2v) is 7.62. The fraction of sp³-hybridized carbons (Fsp3) is 0. The van der Waals surface area contributed by atoms with Crippen LogP contribution in [0.4, 0.5) is 0 Å². The molecule has 6 rings (SSSR count). The van der Waals surface area contributed by atoms with E-state index in [-0.39, 0.29) is 0 Å². The van der Waals surface area contributed by atoms with Crippen molar-refractivity contribution in [1.82, 2.24) is 30.1 Å². The zero-order valence-electron chi connectivity index (χ0n) is 15.1. The van der Waals surface area contributed by atoms with E-state index in [4.69, 9.17) is 9.97 Å². The van der Waals surface area contributed by atoms with Crippen LogP contribution >= 0.6 is 11.3 Å². The molecule has 0 atom stereocenters. The average molecular weight is 394 g/mol. The highest BCUT2D eigenvalue weighted by atomic mass is 32.1. The van der Waals surface area contributed by atoms with Gasteiger partial charge in [-0.05, 0) is 41.8 Å². The third-order valence-corrected chi connectivity index (χ3v) is 5.79. The van der Waals surface area contributed by atoms with Crippen LogP contribution < -0.4 is 0 Å². The van der Waals surface area contributed by atoms with Gasteiger partial charge in [-0.15, -0.1) is 11.3 Å². The first-order valence-corrected chi connectivity index (χ1v) is 10.0. The lowest BCUT2D eigenvalue weighted by Gasteiger charge is -2.00. The van der Waals surface area contributed by atoms with Crippen LogP contribution in [0.2, 0.25) is 0 Å². The van der Waals surface area contributed by atoms with Gasteiger partial charge in [0, 0.05) is 28.4 Å². The van der Waals surface area contributed by atoms with Gasteiger partial charge in [0.2, 0.25) is 0 Å². The smallest absolute Gasteiger partial charge is 0.161 e. The largest absolute Gasteiger partial charge is 0.336 e. The Morgan fingerprint density at radius 1 is 0.828 bits per heavy atom. The lowest BCUT2D eigenvalue weighted by molar-refractivity contribution is 1.10. The van der Waals surface area contributed by atoms with Crippen LogP contribution in [0.25, 0.3) is 55.3 Å². The molecule has 0 fully saturated rings. The Morgan fingerprint density at radius 2 is 1.83 bits per heavy atom. The molecule has 138 valence electrons. The third kappa shape index (κ3) is 2.63. The minimum atomic E-state index is 0.700. The van der Waals surface area contributed by atoms with E-state index < -0.39 is 0 Å². The van der Waals surface area contributed by atoms with Crippen LogP contribution in [0, 0.1) is 0 Å². The topological polar surface area (TPSA) is 83.1 Å². The molecule has 1 aromatic carbocycles. The van der Waals surface area contributed by atoms with E-state index in [1.54, 1.807) is 17.5 Å². The maximum atomic E-state index is 4.88. The van der Waals surface area contributed by atoms with Crippen LogP contribution in [0.3, 0.4) is 0 Å². The first kappa shape index (κ1) is 16.1. The van der Waals surface area contributed by atoms with Gasteiger partial charge >= 0.3 is 0 Å². The quantitative estimate of drug-likeness (QED) is 0.427. The number of fused-ring (bicyclic) bond motifs is 2. The van der Waals surface area contributed by atoms with Gasteiger partial charge < -0.3 is 4.98 Å². The second-order valence-electron chi connectivity index (χ2n) is 6.67. The number of hydrogen-bond donors (Lipinski definition) is 2. The van der Waals surface area contributed by atoms with Gasteiger partial charge in [-0.3, -0.25) is 10.1 Å². The number of hydrogen-bond acceptors (Lipinski definition) is 5. The van der Waals surface area contributed by atoms with E-state index in [2.05, 4.69) is 43.7 Å². The Hall–Kier alpha value is -3.84. The second kappa shape index (κ2) is 6.35. The number of benzene rings is 1. The summed E-state index contributed by atoms with van der Waals surface area (Å²) in [6, 6.07) is 18.2. The molecular weight excluding hydrogens is 380 g/mol. The number of nitrogens with zero attached hydrogens (tertiary/aromatic N) is 4. The normalized spacial score (nSPS) is 11.4.